The van der Waals surface area contributed by atoms with Crippen molar-refractivity contribution >= 4 is 5.91 Å². The Morgan fingerprint density at radius 2 is 1.86 bits per heavy atom. The van der Waals surface area contributed by atoms with Gasteiger partial charge < -0.3 is 15.2 Å². The monoisotopic (exact) mass is 505 g/mol. The Hall–Kier alpha value is -3.54. The van der Waals surface area contributed by atoms with Crippen molar-refractivity contribution in [2.24, 2.45) is 5.41 Å². The summed E-state index contributed by atoms with van der Waals surface area (Å²) < 4.78 is 66.9. The maximum atomic E-state index is 16.2. The number of rotatable bonds is 9. The molecular formula is C24H23F4N5O3. The molecule has 1 aromatic heterocycles. The lowest BCUT2D eigenvalue weighted by atomic mass is 9.30. The van der Waals surface area contributed by atoms with Crippen molar-refractivity contribution in [3.8, 4) is 5.75 Å². The molecule has 0 spiro atoms. The van der Waals surface area contributed by atoms with E-state index in [0.29, 0.717) is 11.8 Å². The molecule has 190 valence electrons. The molecule has 0 unspecified atom stereocenters. The van der Waals surface area contributed by atoms with Gasteiger partial charge in [0, 0.05) is 24.1 Å². The number of alkyl halides is 2. The van der Waals surface area contributed by atoms with Crippen molar-refractivity contribution in [1.29, 1.82) is 0 Å². The average molecular weight is 505 g/mol. The highest BCUT2D eigenvalue weighted by Crippen LogP contribution is 2.80. The maximum Gasteiger partial charge on any atom is 0.287 e. The largest absolute Gasteiger partial charge is 0.484 e. The van der Waals surface area contributed by atoms with Gasteiger partial charge in [-0.2, -0.15) is 0 Å². The van der Waals surface area contributed by atoms with Crippen LogP contribution in [-0.2, 0) is 22.4 Å². The minimum absolute atomic E-state index is 0.0756. The molecular weight excluding hydrogens is 482 g/mol. The van der Waals surface area contributed by atoms with E-state index in [9.17, 15) is 18.7 Å². The number of hydrogen-bond acceptors (Lipinski definition) is 6. The number of nitrogens with one attached hydrogen (secondary N) is 1. The van der Waals surface area contributed by atoms with Crippen molar-refractivity contribution in [3.63, 3.8) is 0 Å². The molecule has 0 aliphatic heterocycles. The lowest BCUT2D eigenvalue weighted by Crippen LogP contribution is -2.76. The van der Waals surface area contributed by atoms with E-state index in [-0.39, 0.29) is 31.8 Å². The fourth-order valence-electron chi connectivity index (χ4n) is 5.66. The van der Waals surface area contributed by atoms with Crippen molar-refractivity contribution in [2.75, 3.05) is 13.7 Å². The van der Waals surface area contributed by atoms with Gasteiger partial charge in [-0.3, -0.25) is 4.79 Å². The fourth-order valence-corrected chi connectivity index (χ4v) is 5.66. The lowest BCUT2D eigenvalue weighted by Gasteiger charge is -2.74. The van der Waals surface area contributed by atoms with Crippen LogP contribution in [-0.4, -0.2) is 50.8 Å². The molecule has 0 saturated heterocycles. The third-order valence-corrected chi connectivity index (χ3v) is 7.49. The molecule has 1 atom stereocenters. The van der Waals surface area contributed by atoms with Gasteiger partial charge >= 0.3 is 0 Å². The van der Waals surface area contributed by atoms with Crippen molar-refractivity contribution in [1.82, 2.24) is 25.5 Å². The van der Waals surface area contributed by atoms with Crippen LogP contribution in [0, 0.1) is 17.0 Å². The predicted molar refractivity (Wildman–Crippen MR) is 117 cm³/mol. The van der Waals surface area contributed by atoms with Gasteiger partial charge in [0.2, 0.25) is 0 Å². The lowest BCUT2D eigenvalue weighted by molar-refractivity contribution is -0.347. The molecule has 1 amide bonds. The number of carbonyl (C=O) groups excluding carboxylic acids is 1. The molecule has 3 aliphatic rings. The summed E-state index contributed by atoms with van der Waals surface area (Å²) in [6, 6.07) is 9.02. The summed E-state index contributed by atoms with van der Waals surface area (Å²) in [4.78, 5) is 11.3. The first-order chi connectivity index (χ1) is 17.0. The summed E-state index contributed by atoms with van der Waals surface area (Å²) in [5.74, 6) is -5.83. The maximum absolute atomic E-state index is 16.2. The standard InChI is InChI=1S/C24H23F4N5O3/c1-29-20(34)9-36-17-5-2-15(3-6-17)21-10-22(11-21,12-21)24(27,28)23(35,13-33-14-30-31-32-33)18-7-4-16(25)8-19(18)26/h2-8,14,35H,9-13H2,1H3,(H,29,34)/t21?,22?,23-/m1/s1. The zero-order valence-electron chi connectivity index (χ0n) is 19.2. The second kappa shape index (κ2) is 8.26. The van der Waals surface area contributed by atoms with Gasteiger partial charge in [0.15, 0.2) is 12.2 Å². The first-order valence-corrected chi connectivity index (χ1v) is 11.2. The Labute approximate surface area is 203 Å². The number of hydrogen-bond donors (Lipinski definition) is 2. The Kier molecular flexibility index (Phi) is 5.54. The summed E-state index contributed by atoms with van der Waals surface area (Å²) in [5.41, 5.74) is -4.99. The van der Waals surface area contributed by atoms with E-state index >= 15 is 8.78 Å². The van der Waals surface area contributed by atoms with E-state index in [0.717, 1.165) is 28.7 Å². The zero-order valence-corrected chi connectivity index (χ0v) is 19.2. The predicted octanol–water partition coefficient (Wildman–Crippen LogP) is 2.72. The summed E-state index contributed by atoms with van der Waals surface area (Å²) in [5, 5.41) is 24.2. The molecule has 2 N–H and O–H groups in total. The molecule has 36 heavy (non-hydrogen) atoms. The van der Waals surface area contributed by atoms with Crippen molar-refractivity contribution in [3.05, 3.63) is 71.6 Å². The number of aliphatic hydroxyl groups is 1. The molecule has 8 nitrogen and oxygen atoms in total. The smallest absolute Gasteiger partial charge is 0.287 e. The molecule has 12 heteroatoms. The Morgan fingerprint density at radius 3 is 2.44 bits per heavy atom. The summed E-state index contributed by atoms with van der Waals surface area (Å²) in [6.45, 7) is -0.960. The number of benzene rings is 2. The van der Waals surface area contributed by atoms with Crippen LogP contribution in [0.4, 0.5) is 17.6 Å². The van der Waals surface area contributed by atoms with Crippen LogP contribution < -0.4 is 10.1 Å². The number of likely N-dealkylation sites (N-methyl/N-ethyl adjacent to an activating group) is 1. The molecule has 2 bridgehead atoms. The van der Waals surface area contributed by atoms with Gasteiger partial charge in [-0.25, -0.2) is 22.2 Å². The quantitative estimate of drug-likeness (QED) is 0.434. The van der Waals surface area contributed by atoms with E-state index in [4.69, 9.17) is 4.74 Å². The molecule has 3 fully saturated rings. The topological polar surface area (TPSA) is 102 Å². The minimum atomic E-state index is -3.79. The number of tetrazole rings is 1. The van der Waals surface area contributed by atoms with Crippen LogP contribution in [0.5, 0.6) is 5.75 Å². The van der Waals surface area contributed by atoms with Crippen LogP contribution >= 0.6 is 0 Å². The normalized spacial score (nSPS) is 24.3. The highest BCUT2D eigenvalue weighted by Gasteiger charge is 2.82. The molecule has 1 heterocycles. The molecule has 3 aliphatic carbocycles. The van der Waals surface area contributed by atoms with E-state index in [1.54, 1.807) is 24.3 Å². The van der Waals surface area contributed by atoms with Crippen molar-refractivity contribution in [2.45, 2.75) is 42.7 Å². The Balaban J connectivity index is 1.39. The van der Waals surface area contributed by atoms with Crippen LogP contribution in [0.1, 0.15) is 30.4 Å². The number of halogens is 4. The first-order valence-electron chi connectivity index (χ1n) is 11.2. The van der Waals surface area contributed by atoms with E-state index < -0.39 is 46.1 Å². The second-order valence-corrected chi connectivity index (χ2v) is 9.64. The minimum Gasteiger partial charge on any atom is -0.484 e. The number of nitrogens with zero attached hydrogens (tertiary/aromatic N) is 4. The highest BCUT2D eigenvalue weighted by atomic mass is 19.3. The number of amides is 1. The number of aromatic nitrogens is 4. The number of carbonyl (C=O) groups is 1. The molecule has 3 saturated carbocycles. The van der Waals surface area contributed by atoms with Gasteiger partial charge in [0.25, 0.3) is 11.8 Å². The van der Waals surface area contributed by atoms with E-state index in [2.05, 4.69) is 20.8 Å². The second-order valence-electron chi connectivity index (χ2n) is 9.64. The first kappa shape index (κ1) is 24.2. The third kappa shape index (κ3) is 3.54. The van der Waals surface area contributed by atoms with Crippen molar-refractivity contribution < 1.29 is 32.2 Å². The number of ether oxygens (including phenoxy) is 1. The molecule has 3 aromatic rings. The van der Waals surface area contributed by atoms with Crippen LogP contribution in [0.3, 0.4) is 0 Å². The molecule has 2 aromatic carbocycles. The highest BCUT2D eigenvalue weighted by molar-refractivity contribution is 5.77. The van der Waals surface area contributed by atoms with Crippen LogP contribution in [0.2, 0.25) is 0 Å². The SMILES string of the molecule is CNC(=O)COc1ccc(C23CC(C(F)(F)[C@@](O)(Cn4cnnn4)c4ccc(F)cc4F)(C2)C3)cc1. The summed E-state index contributed by atoms with van der Waals surface area (Å²) >= 11 is 0. The van der Waals surface area contributed by atoms with Gasteiger partial charge in [0.05, 0.1) is 6.54 Å². The van der Waals surface area contributed by atoms with Gasteiger partial charge in [-0.05, 0) is 64.9 Å². The van der Waals surface area contributed by atoms with Gasteiger partial charge in [-0.1, -0.05) is 12.1 Å². The summed E-state index contributed by atoms with van der Waals surface area (Å²) in [7, 11) is 1.50. The molecule has 6 rings (SSSR count). The van der Waals surface area contributed by atoms with Crippen LogP contribution in [0.15, 0.2) is 48.8 Å². The Morgan fingerprint density at radius 1 is 1.17 bits per heavy atom. The Bertz CT molecular complexity index is 1270. The zero-order chi connectivity index (χ0) is 25.8. The van der Waals surface area contributed by atoms with E-state index in [1.165, 1.54) is 7.05 Å². The average Bonchev–Trinajstić information content (AvgIpc) is 3.29. The van der Waals surface area contributed by atoms with Crippen LogP contribution in [0.25, 0.3) is 0 Å². The third-order valence-electron chi connectivity index (χ3n) is 7.49. The summed E-state index contributed by atoms with van der Waals surface area (Å²) in [6.07, 6.45) is 1.27. The fraction of sp³-hybridized carbons (Fsp3) is 0.417. The van der Waals surface area contributed by atoms with Gasteiger partial charge in [0.1, 0.15) is 23.7 Å². The molecule has 0 radical (unpaired) electrons. The van der Waals surface area contributed by atoms with E-state index in [1.807, 2.05) is 0 Å². The van der Waals surface area contributed by atoms with Gasteiger partial charge in [-0.15, -0.1) is 5.10 Å².